The Labute approximate surface area is 86.6 Å². The number of hydrogen-bond acceptors (Lipinski definition) is 3. The maximum atomic E-state index is 11.4. The van der Waals surface area contributed by atoms with Gasteiger partial charge in [0, 0.05) is 11.9 Å². The molecule has 74 valence electrons. The number of halogens is 1. The molecule has 1 aliphatic rings. The highest BCUT2D eigenvalue weighted by atomic mass is 35.5. The zero-order chi connectivity index (χ0) is 10.3. The fourth-order valence-corrected chi connectivity index (χ4v) is 1.71. The van der Waals surface area contributed by atoms with Gasteiger partial charge in [-0.05, 0) is 24.6 Å². The Morgan fingerprint density at radius 1 is 1.36 bits per heavy atom. The molecule has 0 fully saturated rings. The van der Waals surface area contributed by atoms with Crippen LogP contribution in [0.1, 0.15) is 22.8 Å². The third-order valence-electron chi connectivity index (χ3n) is 2.02. The first kappa shape index (κ1) is 9.34. The van der Waals surface area contributed by atoms with Crippen molar-refractivity contribution >= 4 is 17.6 Å². The van der Waals surface area contributed by atoms with Gasteiger partial charge in [0.2, 0.25) is 6.29 Å². The standard InChI is InChI=1S/C10H9ClO3/c1-5-3-7(11)4-8-9(5)13-6(2)14-10(8)12/h3-4,6H,1-2H3/t6-/m1/s1. The third kappa shape index (κ3) is 1.44. The Balaban J connectivity index is 2.59. The van der Waals surface area contributed by atoms with Crippen molar-refractivity contribution in [2.75, 3.05) is 0 Å². The van der Waals surface area contributed by atoms with Crippen LogP contribution in [0.5, 0.6) is 5.75 Å². The van der Waals surface area contributed by atoms with Crippen LogP contribution >= 0.6 is 11.6 Å². The van der Waals surface area contributed by atoms with Crippen LogP contribution in [0, 0.1) is 6.92 Å². The number of benzene rings is 1. The van der Waals surface area contributed by atoms with E-state index in [1.54, 1.807) is 19.1 Å². The van der Waals surface area contributed by atoms with Crippen molar-refractivity contribution in [3.05, 3.63) is 28.3 Å². The smallest absolute Gasteiger partial charge is 0.345 e. The van der Waals surface area contributed by atoms with Gasteiger partial charge in [0.1, 0.15) is 11.3 Å². The van der Waals surface area contributed by atoms with Crippen LogP contribution in [-0.4, -0.2) is 12.3 Å². The molecular formula is C10H9ClO3. The first-order valence-corrected chi connectivity index (χ1v) is 4.63. The van der Waals surface area contributed by atoms with Crippen molar-refractivity contribution in [2.24, 2.45) is 0 Å². The molecule has 0 unspecified atom stereocenters. The fraction of sp³-hybridized carbons (Fsp3) is 0.300. The Bertz CT molecular complexity index is 401. The summed E-state index contributed by atoms with van der Waals surface area (Å²) < 4.78 is 10.3. The summed E-state index contributed by atoms with van der Waals surface area (Å²) in [5.41, 5.74) is 1.24. The van der Waals surface area contributed by atoms with Gasteiger partial charge < -0.3 is 9.47 Å². The Morgan fingerprint density at radius 2 is 2.07 bits per heavy atom. The number of hydrogen-bond donors (Lipinski definition) is 0. The zero-order valence-electron chi connectivity index (χ0n) is 7.83. The summed E-state index contributed by atoms with van der Waals surface area (Å²) in [6, 6.07) is 3.31. The molecule has 0 saturated carbocycles. The molecule has 0 radical (unpaired) electrons. The average Bonchev–Trinajstić information content (AvgIpc) is 2.07. The molecule has 0 amide bonds. The van der Waals surface area contributed by atoms with E-state index < -0.39 is 6.29 Å². The van der Waals surface area contributed by atoms with Crippen molar-refractivity contribution in [3.63, 3.8) is 0 Å². The van der Waals surface area contributed by atoms with Crippen LogP contribution < -0.4 is 4.74 Å². The summed E-state index contributed by atoms with van der Waals surface area (Å²) in [5.74, 6) is 0.183. The van der Waals surface area contributed by atoms with Gasteiger partial charge in [-0.2, -0.15) is 0 Å². The second kappa shape index (κ2) is 3.17. The maximum absolute atomic E-state index is 11.4. The van der Waals surface area contributed by atoms with Crippen molar-refractivity contribution in [3.8, 4) is 5.75 Å². The first-order valence-electron chi connectivity index (χ1n) is 4.25. The van der Waals surface area contributed by atoms with Crippen LogP contribution in [0.4, 0.5) is 0 Å². The van der Waals surface area contributed by atoms with E-state index in [2.05, 4.69) is 0 Å². The van der Waals surface area contributed by atoms with Gasteiger partial charge in [-0.3, -0.25) is 0 Å². The van der Waals surface area contributed by atoms with E-state index in [1.165, 1.54) is 0 Å². The highest BCUT2D eigenvalue weighted by molar-refractivity contribution is 6.31. The number of fused-ring (bicyclic) bond motifs is 1. The highest BCUT2D eigenvalue weighted by Gasteiger charge is 2.26. The summed E-state index contributed by atoms with van der Waals surface area (Å²) >= 11 is 5.82. The van der Waals surface area contributed by atoms with Gasteiger partial charge in [-0.25, -0.2) is 4.79 Å². The number of carbonyl (C=O) groups is 1. The molecule has 2 rings (SSSR count). The van der Waals surface area contributed by atoms with E-state index in [0.717, 1.165) is 5.56 Å². The molecule has 0 aromatic heterocycles. The lowest BCUT2D eigenvalue weighted by atomic mass is 10.1. The predicted molar refractivity (Wildman–Crippen MR) is 51.7 cm³/mol. The minimum Gasteiger partial charge on any atom is -0.454 e. The number of ether oxygens (including phenoxy) is 2. The largest absolute Gasteiger partial charge is 0.454 e. The van der Waals surface area contributed by atoms with Crippen LogP contribution in [0.25, 0.3) is 0 Å². The van der Waals surface area contributed by atoms with Gasteiger partial charge in [-0.15, -0.1) is 0 Å². The molecule has 1 aromatic rings. The number of carbonyl (C=O) groups excluding carboxylic acids is 1. The van der Waals surface area contributed by atoms with Crippen LogP contribution in [-0.2, 0) is 4.74 Å². The number of esters is 1. The van der Waals surface area contributed by atoms with Gasteiger partial charge in [0.25, 0.3) is 0 Å². The molecular weight excluding hydrogens is 204 g/mol. The minimum absolute atomic E-state index is 0.385. The molecule has 0 aliphatic carbocycles. The molecule has 4 heteroatoms. The van der Waals surface area contributed by atoms with Gasteiger partial charge in [-0.1, -0.05) is 11.6 Å². The lowest BCUT2D eigenvalue weighted by molar-refractivity contribution is -0.0492. The summed E-state index contributed by atoms with van der Waals surface area (Å²) in [6.07, 6.45) is -0.533. The van der Waals surface area contributed by atoms with Gasteiger partial charge >= 0.3 is 5.97 Å². The second-order valence-electron chi connectivity index (χ2n) is 3.19. The molecule has 14 heavy (non-hydrogen) atoms. The number of cyclic esters (lactones) is 1. The van der Waals surface area contributed by atoms with E-state index in [-0.39, 0.29) is 5.97 Å². The van der Waals surface area contributed by atoms with E-state index in [0.29, 0.717) is 16.3 Å². The van der Waals surface area contributed by atoms with Gasteiger partial charge in [0.05, 0.1) is 0 Å². The average molecular weight is 213 g/mol. The molecule has 0 spiro atoms. The molecule has 0 N–H and O–H groups in total. The topological polar surface area (TPSA) is 35.5 Å². The third-order valence-corrected chi connectivity index (χ3v) is 2.23. The summed E-state index contributed by atoms with van der Waals surface area (Å²) in [6.45, 7) is 3.52. The monoisotopic (exact) mass is 212 g/mol. The van der Waals surface area contributed by atoms with Gasteiger partial charge in [0.15, 0.2) is 0 Å². The minimum atomic E-state index is -0.533. The SMILES string of the molecule is Cc1cc(Cl)cc2c1O[C@@H](C)OC2=O. The van der Waals surface area contributed by atoms with Crippen LogP contribution in [0.2, 0.25) is 5.02 Å². The molecule has 0 saturated heterocycles. The Morgan fingerprint density at radius 3 is 2.79 bits per heavy atom. The normalized spacial score (nSPS) is 19.6. The van der Waals surface area contributed by atoms with Crippen molar-refractivity contribution in [1.29, 1.82) is 0 Å². The van der Waals surface area contributed by atoms with Crippen molar-refractivity contribution in [2.45, 2.75) is 20.1 Å². The molecule has 3 nitrogen and oxygen atoms in total. The predicted octanol–water partition coefficient (Wildman–Crippen LogP) is 2.54. The van der Waals surface area contributed by atoms with Crippen molar-refractivity contribution in [1.82, 2.24) is 0 Å². The van der Waals surface area contributed by atoms with E-state index in [9.17, 15) is 4.79 Å². The highest BCUT2D eigenvalue weighted by Crippen LogP contribution is 2.32. The lowest BCUT2D eigenvalue weighted by Crippen LogP contribution is -2.27. The van der Waals surface area contributed by atoms with E-state index in [1.807, 2.05) is 6.92 Å². The number of rotatable bonds is 0. The molecule has 1 aromatic carbocycles. The van der Waals surface area contributed by atoms with E-state index in [4.69, 9.17) is 21.1 Å². The molecule has 0 bridgehead atoms. The quantitative estimate of drug-likeness (QED) is 0.620. The summed E-state index contributed by atoms with van der Waals surface area (Å²) in [4.78, 5) is 11.4. The molecule has 1 atom stereocenters. The summed E-state index contributed by atoms with van der Waals surface area (Å²) in [5, 5.41) is 0.511. The van der Waals surface area contributed by atoms with E-state index >= 15 is 0 Å². The summed E-state index contributed by atoms with van der Waals surface area (Å²) in [7, 11) is 0. The Kier molecular flexibility index (Phi) is 2.11. The Hall–Kier alpha value is -1.22. The fourth-order valence-electron chi connectivity index (χ4n) is 1.44. The molecule has 1 aliphatic heterocycles. The lowest BCUT2D eigenvalue weighted by Gasteiger charge is -2.24. The maximum Gasteiger partial charge on any atom is 0.345 e. The molecule has 1 heterocycles. The van der Waals surface area contributed by atoms with Crippen LogP contribution in [0.15, 0.2) is 12.1 Å². The van der Waals surface area contributed by atoms with Crippen LogP contribution in [0.3, 0.4) is 0 Å². The first-order chi connectivity index (χ1) is 6.58. The second-order valence-corrected chi connectivity index (χ2v) is 3.63. The van der Waals surface area contributed by atoms with Crippen molar-refractivity contribution < 1.29 is 14.3 Å². The number of aryl methyl sites for hydroxylation is 1. The zero-order valence-corrected chi connectivity index (χ0v) is 8.59.